The molecular formula is C8H10N4OS. The molecule has 0 radical (unpaired) electrons. The molecule has 0 spiro atoms. The van der Waals surface area contributed by atoms with Gasteiger partial charge in [-0.3, -0.25) is 4.90 Å². The van der Waals surface area contributed by atoms with Crippen molar-refractivity contribution in [2.24, 2.45) is 0 Å². The van der Waals surface area contributed by atoms with Crippen LogP contribution in [0.2, 0.25) is 0 Å². The molecule has 0 bridgehead atoms. The summed E-state index contributed by atoms with van der Waals surface area (Å²) in [5, 5.41) is 14.6. The van der Waals surface area contributed by atoms with Gasteiger partial charge in [-0.25, -0.2) is 0 Å². The molecule has 6 heteroatoms. The second kappa shape index (κ2) is 4.46. The minimum absolute atomic E-state index is 0.296. The molecule has 0 amide bonds. The molecule has 0 aromatic carbocycles. The van der Waals surface area contributed by atoms with Gasteiger partial charge in [0.1, 0.15) is 0 Å². The molecule has 0 saturated carbocycles. The molecule has 0 N–H and O–H groups in total. The maximum absolute atomic E-state index is 8.71. The number of ether oxygens (including phenoxy) is 1. The summed E-state index contributed by atoms with van der Waals surface area (Å²) in [6, 6.07) is 2.12. The highest BCUT2D eigenvalue weighted by Crippen LogP contribution is 2.08. The van der Waals surface area contributed by atoms with Crippen molar-refractivity contribution in [2.45, 2.75) is 12.6 Å². The Morgan fingerprint density at radius 3 is 3.43 bits per heavy atom. The lowest BCUT2D eigenvalue weighted by Crippen LogP contribution is -2.41. The number of hydrogen-bond acceptors (Lipinski definition) is 6. The van der Waals surface area contributed by atoms with Gasteiger partial charge < -0.3 is 4.74 Å². The topological polar surface area (TPSA) is 62.0 Å². The van der Waals surface area contributed by atoms with E-state index in [0.29, 0.717) is 13.2 Å². The molecule has 1 saturated heterocycles. The lowest BCUT2D eigenvalue weighted by atomic mass is 10.3. The predicted octanol–water partition coefficient (Wildman–Crippen LogP) is 0.262. The van der Waals surface area contributed by atoms with Crippen LogP contribution in [0, 0.1) is 11.3 Å². The highest BCUT2D eigenvalue weighted by Gasteiger charge is 2.20. The van der Waals surface area contributed by atoms with Gasteiger partial charge in [0.05, 0.1) is 18.4 Å². The maximum atomic E-state index is 8.71. The molecule has 1 atom stereocenters. The highest BCUT2D eigenvalue weighted by atomic mass is 32.1. The molecule has 74 valence electrons. The summed E-state index contributed by atoms with van der Waals surface area (Å²) in [6.07, 6.45) is -0.296. The van der Waals surface area contributed by atoms with Crippen LogP contribution in [-0.2, 0) is 11.3 Å². The molecule has 2 heterocycles. The third-order valence-electron chi connectivity index (χ3n) is 2.09. The SMILES string of the molecule is N#CC1CN(Cc2csnn2)CCO1. The van der Waals surface area contributed by atoms with Crippen LogP contribution in [-0.4, -0.2) is 40.3 Å². The summed E-state index contributed by atoms with van der Waals surface area (Å²) in [4.78, 5) is 2.16. The molecule has 14 heavy (non-hydrogen) atoms. The second-order valence-corrected chi connectivity index (χ2v) is 3.73. The Balaban J connectivity index is 1.90. The molecule has 1 aromatic heterocycles. The van der Waals surface area contributed by atoms with Crippen molar-refractivity contribution in [3.8, 4) is 6.07 Å². The number of rotatable bonds is 2. The van der Waals surface area contributed by atoms with E-state index >= 15 is 0 Å². The van der Waals surface area contributed by atoms with E-state index in [0.717, 1.165) is 18.8 Å². The number of hydrogen-bond donors (Lipinski definition) is 0. The minimum atomic E-state index is -0.296. The van der Waals surface area contributed by atoms with Gasteiger partial charge in [0, 0.05) is 25.0 Å². The van der Waals surface area contributed by atoms with E-state index in [1.165, 1.54) is 11.5 Å². The number of nitrogens with zero attached hydrogens (tertiary/aromatic N) is 4. The van der Waals surface area contributed by atoms with E-state index in [2.05, 4.69) is 20.6 Å². The predicted molar refractivity (Wildman–Crippen MR) is 50.5 cm³/mol. The Kier molecular flexibility index (Phi) is 3.03. The average molecular weight is 210 g/mol. The maximum Gasteiger partial charge on any atom is 0.156 e. The van der Waals surface area contributed by atoms with Crippen LogP contribution in [0.15, 0.2) is 5.38 Å². The zero-order valence-corrected chi connectivity index (χ0v) is 8.40. The Bertz CT molecular complexity index is 321. The van der Waals surface area contributed by atoms with Crippen LogP contribution >= 0.6 is 11.5 Å². The number of aromatic nitrogens is 2. The summed E-state index contributed by atoms with van der Waals surface area (Å²) in [7, 11) is 0. The molecule has 1 aliphatic heterocycles. The van der Waals surface area contributed by atoms with Crippen molar-refractivity contribution in [3.63, 3.8) is 0 Å². The average Bonchev–Trinajstić information content (AvgIpc) is 2.71. The highest BCUT2D eigenvalue weighted by molar-refractivity contribution is 7.03. The molecule has 1 aromatic rings. The first-order valence-electron chi connectivity index (χ1n) is 4.38. The van der Waals surface area contributed by atoms with Gasteiger partial charge in [-0.15, -0.1) is 5.10 Å². The van der Waals surface area contributed by atoms with Gasteiger partial charge in [0.15, 0.2) is 6.10 Å². The van der Waals surface area contributed by atoms with Crippen molar-refractivity contribution in [3.05, 3.63) is 11.1 Å². The van der Waals surface area contributed by atoms with E-state index in [9.17, 15) is 0 Å². The number of nitriles is 1. The van der Waals surface area contributed by atoms with Crippen LogP contribution in [0.25, 0.3) is 0 Å². The molecule has 0 aliphatic carbocycles. The molecule has 1 fully saturated rings. The van der Waals surface area contributed by atoms with E-state index in [-0.39, 0.29) is 6.10 Å². The van der Waals surface area contributed by atoms with Gasteiger partial charge >= 0.3 is 0 Å². The summed E-state index contributed by atoms with van der Waals surface area (Å²) in [5.74, 6) is 0. The van der Waals surface area contributed by atoms with E-state index in [1.807, 2.05) is 5.38 Å². The van der Waals surface area contributed by atoms with E-state index in [1.54, 1.807) is 0 Å². The van der Waals surface area contributed by atoms with Gasteiger partial charge in [0.2, 0.25) is 0 Å². The van der Waals surface area contributed by atoms with Gasteiger partial charge in [0.25, 0.3) is 0 Å². The molecule has 1 unspecified atom stereocenters. The van der Waals surface area contributed by atoms with Crippen LogP contribution in [0.3, 0.4) is 0 Å². The zero-order chi connectivity index (χ0) is 9.80. The van der Waals surface area contributed by atoms with Crippen molar-refractivity contribution >= 4 is 11.5 Å². The molecule has 1 aliphatic rings. The first kappa shape index (κ1) is 9.52. The van der Waals surface area contributed by atoms with Crippen LogP contribution in [0.4, 0.5) is 0 Å². The smallest absolute Gasteiger partial charge is 0.156 e. The quantitative estimate of drug-likeness (QED) is 0.700. The third kappa shape index (κ3) is 2.26. The summed E-state index contributed by atoms with van der Waals surface area (Å²) >= 11 is 1.35. The van der Waals surface area contributed by atoms with Crippen LogP contribution < -0.4 is 0 Å². The lowest BCUT2D eigenvalue weighted by Gasteiger charge is -2.28. The largest absolute Gasteiger partial charge is 0.361 e. The van der Waals surface area contributed by atoms with Crippen LogP contribution in [0.5, 0.6) is 0 Å². The van der Waals surface area contributed by atoms with E-state index in [4.69, 9.17) is 10.00 Å². The third-order valence-corrected chi connectivity index (χ3v) is 2.64. The minimum Gasteiger partial charge on any atom is -0.361 e. The molecule has 2 rings (SSSR count). The Morgan fingerprint density at radius 1 is 1.79 bits per heavy atom. The second-order valence-electron chi connectivity index (χ2n) is 3.12. The molecular weight excluding hydrogens is 200 g/mol. The zero-order valence-electron chi connectivity index (χ0n) is 7.59. The van der Waals surface area contributed by atoms with Gasteiger partial charge in [-0.2, -0.15) is 5.26 Å². The first-order valence-corrected chi connectivity index (χ1v) is 5.21. The van der Waals surface area contributed by atoms with Crippen LogP contribution in [0.1, 0.15) is 5.69 Å². The fraction of sp³-hybridized carbons (Fsp3) is 0.625. The van der Waals surface area contributed by atoms with Crippen molar-refractivity contribution < 1.29 is 4.74 Å². The van der Waals surface area contributed by atoms with Crippen molar-refractivity contribution in [1.29, 1.82) is 5.26 Å². The standard InChI is InChI=1S/C8H10N4OS/c9-3-8-5-12(1-2-13-8)4-7-6-14-11-10-7/h6,8H,1-2,4-5H2. The first-order chi connectivity index (χ1) is 6.88. The Hall–Kier alpha value is -1.03. The van der Waals surface area contributed by atoms with Gasteiger partial charge in [-0.05, 0) is 11.5 Å². The number of morpholine rings is 1. The normalized spacial score (nSPS) is 23.2. The van der Waals surface area contributed by atoms with Gasteiger partial charge in [-0.1, -0.05) is 4.49 Å². The molecule has 5 nitrogen and oxygen atoms in total. The Morgan fingerprint density at radius 2 is 2.71 bits per heavy atom. The Labute approximate surface area is 86.1 Å². The van der Waals surface area contributed by atoms with Crippen molar-refractivity contribution in [2.75, 3.05) is 19.7 Å². The monoisotopic (exact) mass is 210 g/mol. The summed E-state index contributed by atoms with van der Waals surface area (Å²) in [6.45, 7) is 2.90. The fourth-order valence-corrected chi connectivity index (χ4v) is 1.85. The van der Waals surface area contributed by atoms with E-state index < -0.39 is 0 Å². The fourth-order valence-electron chi connectivity index (χ4n) is 1.41. The summed E-state index contributed by atoms with van der Waals surface area (Å²) < 4.78 is 9.04. The summed E-state index contributed by atoms with van der Waals surface area (Å²) in [5.41, 5.74) is 0.966. The lowest BCUT2D eigenvalue weighted by molar-refractivity contribution is -0.00312. The van der Waals surface area contributed by atoms with Crippen molar-refractivity contribution in [1.82, 2.24) is 14.5 Å².